The molecular formula is C11H11NS2. The highest BCUT2D eigenvalue weighted by Crippen LogP contribution is 2.23. The van der Waals surface area contributed by atoms with Crippen LogP contribution >= 0.6 is 24.0 Å². The van der Waals surface area contributed by atoms with Gasteiger partial charge in [0.25, 0.3) is 0 Å². The minimum Gasteiger partial charge on any atom is -0.252 e. The topological polar surface area (TPSA) is 12.9 Å². The standard InChI is InChI=1S/C11H11NS2/c1-8-9(7-13)4-5-10(12-8)11-3-2-6-14-11/h2-6,13H,7H2,1H3. The van der Waals surface area contributed by atoms with Crippen LogP contribution in [0.1, 0.15) is 11.3 Å². The molecule has 0 N–H and O–H groups in total. The number of thiophene rings is 1. The fourth-order valence-electron chi connectivity index (χ4n) is 1.32. The van der Waals surface area contributed by atoms with Crippen LogP contribution in [-0.2, 0) is 5.75 Å². The van der Waals surface area contributed by atoms with Gasteiger partial charge in [-0.3, -0.25) is 4.98 Å². The van der Waals surface area contributed by atoms with Gasteiger partial charge in [0.05, 0.1) is 10.6 Å². The maximum atomic E-state index is 4.55. The van der Waals surface area contributed by atoms with E-state index in [2.05, 4.69) is 41.2 Å². The molecule has 0 unspecified atom stereocenters. The lowest BCUT2D eigenvalue weighted by Gasteiger charge is -2.03. The molecule has 0 aliphatic rings. The molecule has 0 saturated heterocycles. The lowest BCUT2D eigenvalue weighted by molar-refractivity contribution is 1.15. The van der Waals surface area contributed by atoms with E-state index in [0.29, 0.717) is 0 Å². The Labute approximate surface area is 93.2 Å². The molecule has 0 saturated carbocycles. The maximum absolute atomic E-state index is 4.55. The number of aromatic nitrogens is 1. The molecule has 0 aliphatic heterocycles. The van der Waals surface area contributed by atoms with E-state index in [4.69, 9.17) is 0 Å². The van der Waals surface area contributed by atoms with Crippen LogP contribution in [0.2, 0.25) is 0 Å². The Kier molecular flexibility index (Phi) is 2.89. The van der Waals surface area contributed by atoms with E-state index < -0.39 is 0 Å². The van der Waals surface area contributed by atoms with E-state index >= 15 is 0 Å². The minimum atomic E-state index is 0.754. The van der Waals surface area contributed by atoms with Crippen molar-refractivity contribution in [2.24, 2.45) is 0 Å². The SMILES string of the molecule is Cc1nc(-c2cccs2)ccc1CS. The predicted octanol–water partition coefficient (Wildman–Crippen LogP) is 3.55. The third-order valence-corrected chi connectivity index (χ3v) is 3.37. The number of aryl methyl sites for hydroxylation is 1. The predicted molar refractivity (Wildman–Crippen MR) is 65.0 cm³/mol. The van der Waals surface area contributed by atoms with Gasteiger partial charge in [-0.05, 0) is 30.0 Å². The molecule has 72 valence electrons. The number of thiol groups is 1. The highest BCUT2D eigenvalue weighted by atomic mass is 32.1. The van der Waals surface area contributed by atoms with Crippen molar-refractivity contribution in [2.45, 2.75) is 12.7 Å². The van der Waals surface area contributed by atoms with Gasteiger partial charge in [0, 0.05) is 11.4 Å². The monoisotopic (exact) mass is 221 g/mol. The maximum Gasteiger partial charge on any atom is 0.0805 e. The van der Waals surface area contributed by atoms with Crippen LogP contribution in [-0.4, -0.2) is 4.98 Å². The molecule has 0 bridgehead atoms. The third kappa shape index (κ3) is 1.83. The number of rotatable bonds is 2. The summed E-state index contributed by atoms with van der Waals surface area (Å²) in [5, 5.41) is 2.07. The van der Waals surface area contributed by atoms with Crippen molar-refractivity contribution in [3.05, 3.63) is 40.9 Å². The van der Waals surface area contributed by atoms with Gasteiger partial charge in [0.15, 0.2) is 0 Å². The smallest absolute Gasteiger partial charge is 0.0805 e. The van der Waals surface area contributed by atoms with E-state index in [1.54, 1.807) is 11.3 Å². The van der Waals surface area contributed by atoms with Crippen LogP contribution in [0.15, 0.2) is 29.6 Å². The molecule has 2 aromatic rings. The lowest BCUT2D eigenvalue weighted by Crippen LogP contribution is -1.90. The number of nitrogens with zero attached hydrogens (tertiary/aromatic N) is 1. The molecule has 2 heterocycles. The van der Waals surface area contributed by atoms with Gasteiger partial charge < -0.3 is 0 Å². The first kappa shape index (κ1) is 9.74. The summed E-state index contributed by atoms with van der Waals surface area (Å²) in [7, 11) is 0. The van der Waals surface area contributed by atoms with Crippen molar-refractivity contribution in [3.8, 4) is 10.6 Å². The Morgan fingerprint density at radius 2 is 2.21 bits per heavy atom. The quantitative estimate of drug-likeness (QED) is 0.765. The van der Waals surface area contributed by atoms with Crippen molar-refractivity contribution < 1.29 is 0 Å². The zero-order valence-electron chi connectivity index (χ0n) is 7.90. The first-order valence-electron chi connectivity index (χ1n) is 4.42. The molecule has 0 aliphatic carbocycles. The molecule has 3 heteroatoms. The van der Waals surface area contributed by atoms with Crippen molar-refractivity contribution in [2.75, 3.05) is 0 Å². The molecule has 0 atom stereocenters. The average Bonchev–Trinajstić information content (AvgIpc) is 2.70. The van der Waals surface area contributed by atoms with E-state index in [1.165, 1.54) is 10.4 Å². The molecule has 0 amide bonds. The largest absolute Gasteiger partial charge is 0.252 e. The molecule has 2 aromatic heterocycles. The van der Waals surface area contributed by atoms with E-state index in [-0.39, 0.29) is 0 Å². The lowest BCUT2D eigenvalue weighted by atomic mass is 10.2. The first-order valence-corrected chi connectivity index (χ1v) is 5.93. The van der Waals surface area contributed by atoms with Crippen LogP contribution in [0.25, 0.3) is 10.6 Å². The normalized spacial score (nSPS) is 10.4. The molecule has 0 radical (unpaired) electrons. The van der Waals surface area contributed by atoms with E-state index in [0.717, 1.165) is 17.1 Å². The van der Waals surface area contributed by atoms with Gasteiger partial charge in [0.1, 0.15) is 0 Å². The van der Waals surface area contributed by atoms with E-state index in [9.17, 15) is 0 Å². The van der Waals surface area contributed by atoms with Gasteiger partial charge in [-0.25, -0.2) is 0 Å². The summed E-state index contributed by atoms with van der Waals surface area (Å²) >= 11 is 5.97. The second kappa shape index (κ2) is 4.15. The van der Waals surface area contributed by atoms with Crippen LogP contribution in [0.3, 0.4) is 0 Å². The Balaban J connectivity index is 2.43. The Morgan fingerprint density at radius 3 is 2.79 bits per heavy atom. The fraction of sp³-hybridized carbons (Fsp3) is 0.182. The number of pyridine rings is 1. The number of hydrogen-bond donors (Lipinski definition) is 1. The van der Waals surface area contributed by atoms with Crippen LogP contribution in [0.5, 0.6) is 0 Å². The fourth-order valence-corrected chi connectivity index (χ4v) is 2.35. The van der Waals surface area contributed by atoms with Crippen molar-refractivity contribution >= 4 is 24.0 Å². The Morgan fingerprint density at radius 1 is 1.36 bits per heavy atom. The zero-order valence-corrected chi connectivity index (χ0v) is 9.61. The van der Waals surface area contributed by atoms with Gasteiger partial charge in [-0.2, -0.15) is 12.6 Å². The van der Waals surface area contributed by atoms with Crippen LogP contribution < -0.4 is 0 Å². The zero-order chi connectivity index (χ0) is 9.97. The summed E-state index contributed by atoms with van der Waals surface area (Å²) in [4.78, 5) is 5.77. The van der Waals surface area contributed by atoms with Crippen molar-refractivity contribution in [1.82, 2.24) is 4.98 Å². The van der Waals surface area contributed by atoms with Crippen LogP contribution in [0, 0.1) is 6.92 Å². The second-order valence-electron chi connectivity index (χ2n) is 3.08. The van der Waals surface area contributed by atoms with Gasteiger partial charge >= 0.3 is 0 Å². The highest BCUT2D eigenvalue weighted by Gasteiger charge is 2.02. The Bertz CT molecular complexity index is 421. The van der Waals surface area contributed by atoms with Gasteiger partial charge in [-0.1, -0.05) is 12.1 Å². The summed E-state index contributed by atoms with van der Waals surface area (Å²) in [5.41, 5.74) is 3.34. The third-order valence-electron chi connectivity index (χ3n) is 2.14. The average molecular weight is 221 g/mol. The van der Waals surface area contributed by atoms with Crippen LogP contribution in [0.4, 0.5) is 0 Å². The van der Waals surface area contributed by atoms with Crippen molar-refractivity contribution in [1.29, 1.82) is 0 Å². The molecule has 2 rings (SSSR count). The molecule has 0 aromatic carbocycles. The van der Waals surface area contributed by atoms with Gasteiger partial charge in [-0.15, -0.1) is 11.3 Å². The summed E-state index contributed by atoms with van der Waals surface area (Å²) in [6.45, 7) is 2.03. The summed E-state index contributed by atoms with van der Waals surface area (Å²) < 4.78 is 0. The minimum absolute atomic E-state index is 0.754. The van der Waals surface area contributed by atoms with E-state index in [1.807, 2.05) is 13.0 Å². The number of hydrogen-bond acceptors (Lipinski definition) is 3. The molecule has 0 spiro atoms. The highest BCUT2D eigenvalue weighted by molar-refractivity contribution is 7.79. The molecule has 1 nitrogen and oxygen atoms in total. The molecular weight excluding hydrogens is 210 g/mol. The molecule has 14 heavy (non-hydrogen) atoms. The molecule has 0 fully saturated rings. The first-order chi connectivity index (χ1) is 6.81. The summed E-state index contributed by atoms with van der Waals surface area (Å²) in [6.07, 6.45) is 0. The second-order valence-corrected chi connectivity index (χ2v) is 4.34. The van der Waals surface area contributed by atoms with Crippen molar-refractivity contribution in [3.63, 3.8) is 0 Å². The van der Waals surface area contributed by atoms with Gasteiger partial charge in [0.2, 0.25) is 0 Å². The Hall–Kier alpha value is -0.800. The summed E-state index contributed by atoms with van der Waals surface area (Å²) in [5.74, 6) is 0.754. The summed E-state index contributed by atoms with van der Waals surface area (Å²) in [6, 6.07) is 8.30.